The minimum Gasteiger partial charge on any atom is -0.496 e. The minimum absolute atomic E-state index is 0.0994. The van der Waals surface area contributed by atoms with Crippen molar-refractivity contribution in [1.82, 2.24) is 14.5 Å². The lowest BCUT2D eigenvalue weighted by molar-refractivity contribution is -0.117. The average Bonchev–Trinajstić information content (AvgIpc) is 3.25. The van der Waals surface area contributed by atoms with Gasteiger partial charge in [-0.25, -0.2) is 4.98 Å². The van der Waals surface area contributed by atoms with Gasteiger partial charge in [-0.15, -0.1) is 0 Å². The average molecular weight is 408 g/mol. The predicted octanol–water partition coefficient (Wildman–Crippen LogP) is 2.21. The van der Waals surface area contributed by atoms with Crippen LogP contribution in [0.3, 0.4) is 0 Å². The lowest BCUT2D eigenvalue weighted by Gasteiger charge is -2.32. The molecule has 1 spiro atoms. The highest BCUT2D eigenvalue weighted by Crippen LogP contribution is 2.47. The lowest BCUT2D eigenvalue weighted by Crippen LogP contribution is -2.34. The molecule has 1 fully saturated rings. The molecule has 5 rings (SSSR count). The van der Waals surface area contributed by atoms with Crippen LogP contribution in [0.25, 0.3) is 22.2 Å². The van der Waals surface area contributed by atoms with E-state index in [1.165, 1.54) is 0 Å². The van der Waals surface area contributed by atoms with E-state index in [9.17, 15) is 4.79 Å². The summed E-state index contributed by atoms with van der Waals surface area (Å²) in [4.78, 5) is 20.8. The third-order valence-corrected chi connectivity index (χ3v) is 6.09. The molecule has 0 radical (unpaired) electrons. The number of hydrogen-bond donors (Lipinski definition) is 1. The van der Waals surface area contributed by atoms with Gasteiger partial charge in [0, 0.05) is 61.9 Å². The maximum absolute atomic E-state index is 11.4. The molecule has 0 saturated carbocycles. The summed E-state index contributed by atoms with van der Waals surface area (Å²) >= 11 is 0. The Hall–Kier alpha value is -2.97. The number of hydrogen-bond acceptors (Lipinski definition) is 6. The molecule has 0 atom stereocenters. The van der Waals surface area contributed by atoms with Gasteiger partial charge in [0.15, 0.2) is 0 Å². The van der Waals surface area contributed by atoms with E-state index in [1.54, 1.807) is 13.3 Å². The molecule has 2 N–H and O–H groups in total. The van der Waals surface area contributed by atoms with Crippen molar-refractivity contribution in [1.29, 1.82) is 0 Å². The molecule has 156 valence electrons. The molecule has 1 amide bonds. The van der Waals surface area contributed by atoms with Crippen molar-refractivity contribution in [3.63, 3.8) is 0 Å². The normalized spacial score (nSPS) is 17.4. The second kappa shape index (κ2) is 7.07. The number of pyridine rings is 2. The third kappa shape index (κ3) is 2.95. The summed E-state index contributed by atoms with van der Waals surface area (Å²) in [6.45, 7) is 1.81. The lowest BCUT2D eigenvalue weighted by atomic mass is 9.89. The molecule has 5 heterocycles. The van der Waals surface area contributed by atoms with Crippen LogP contribution in [0.4, 0.5) is 0 Å². The molecule has 1 saturated heterocycles. The molecule has 0 unspecified atom stereocenters. The summed E-state index contributed by atoms with van der Waals surface area (Å²) in [5.74, 6) is 0.372. The zero-order chi connectivity index (χ0) is 20.9. The molecule has 3 aromatic heterocycles. The number of fused-ring (bicyclic) bond motifs is 3. The molecule has 30 heavy (non-hydrogen) atoms. The molecule has 0 aliphatic carbocycles. The Morgan fingerprint density at radius 2 is 2.13 bits per heavy atom. The first-order valence-corrected chi connectivity index (χ1v) is 10.0. The number of aromatic nitrogens is 3. The van der Waals surface area contributed by atoms with Gasteiger partial charge in [-0.3, -0.25) is 9.78 Å². The van der Waals surface area contributed by atoms with E-state index in [1.807, 2.05) is 29.9 Å². The van der Waals surface area contributed by atoms with Gasteiger partial charge < -0.3 is 24.5 Å². The highest BCUT2D eigenvalue weighted by molar-refractivity contribution is 5.95. The number of carbonyl (C=O) groups is 1. The number of nitrogens with zero attached hydrogens (tertiary/aromatic N) is 3. The first kappa shape index (κ1) is 19.0. The van der Waals surface area contributed by atoms with Crippen LogP contribution in [-0.2, 0) is 39.9 Å². The van der Waals surface area contributed by atoms with E-state index in [0.29, 0.717) is 25.5 Å². The Balaban J connectivity index is 1.68. The molecule has 0 bridgehead atoms. The molecular weight excluding hydrogens is 384 g/mol. The summed E-state index contributed by atoms with van der Waals surface area (Å²) in [6.07, 6.45) is 5.46. The second-order valence-corrected chi connectivity index (χ2v) is 7.92. The van der Waals surface area contributed by atoms with Crippen LogP contribution >= 0.6 is 0 Å². The van der Waals surface area contributed by atoms with Crippen LogP contribution in [0.2, 0.25) is 0 Å². The van der Waals surface area contributed by atoms with E-state index >= 15 is 0 Å². The predicted molar refractivity (Wildman–Crippen MR) is 110 cm³/mol. The van der Waals surface area contributed by atoms with Gasteiger partial charge in [-0.05, 0) is 6.07 Å². The van der Waals surface area contributed by atoms with Crippen LogP contribution in [0.1, 0.15) is 29.8 Å². The van der Waals surface area contributed by atoms with Crippen molar-refractivity contribution in [2.24, 2.45) is 12.8 Å². The highest BCUT2D eigenvalue weighted by Gasteiger charge is 2.44. The van der Waals surface area contributed by atoms with Gasteiger partial charge in [0.2, 0.25) is 5.91 Å². The number of methoxy groups -OCH3 is 1. The Kier molecular flexibility index (Phi) is 4.48. The van der Waals surface area contributed by atoms with Crippen molar-refractivity contribution < 1.29 is 19.0 Å². The third-order valence-electron chi connectivity index (χ3n) is 6.09. The van der Waals surface area contributed by atoms with E-state index < -0.39 is 11.5 Å². The van der Waals surface area contributed by atoms with Crippen molar-refractivity contribution in [3.05, 3.63) is 41.5 Å². The first-order chi connectivity index (χ1) is 14.5. The fourth-order valence-electron chi connectivity index (χ4n) is 4.55. The smallest absolute Gasteiger partial charge is 0.223 e. The maximum Gasteiger partial charge on any atom is 0.223 e. The van der Waals surface area contributed by atoms with Crippen LogP contribution in [0, 0.1) is 0 Å². The summed E-state index contributed by atoms with van der Waals surface area (Å²) in [5.41, 5.74) is 10.3. The van der Waals surface area contributed by atoms with E-state index in [2.05, 4.69) is 4.98 Å². The van der Waals surface area contributed by atoms with E-state index in [4.69, 9.17) is 24.9 Å². The standard InChI is InChI=1S/C22H24N4O4/c1-26-11-15(14-7-13(8-20(23)27)24-10-18(14)26)17-9-19(28-2)16-12-30-22(21(16)25-17)3-5-29-6-4-22/h7,9-11H,3-6,8,12H2,1-2H3,(H2,23,27). The topological polar surface area (TPSA) is 101 Å². The van der Waals surface area contributed by atoms with Gasteiger partial charge in [0.1, 0.15) is 11.4 Å². The molecule has 2 aliphatic rings. The van der Waals surface area contributed by atoms with Crippen molar-refractivity contribution in [3.8, 4) is 17.0 Å². The number of aryl methyl sites for hydroxylation is 1. The van der Waals surface area contributed by atoms with Crippen LogP contribution < -0.4 is 10.5 Å². The zero-order valence-electron chi connectivity index (χ0n) is 17.1. The summed E-state index contributed by atoms with van der Waals surface area (Å²) in [5, 5.41) is 0.971. The monoisotopic (exact) mass is 408 g/mol. The van der Waals surface area contributed by atoms with Gasteiger partial charge in [0.05, 0.1) is 48.9 Å². The van der Waals surface area contributed by atoms with Crippen molar-refractivity contribution in [2.45, 2.75) is 31.5 Å². The van der Waals surface area contributed by atoms with E-state index in [-0.39, 0.29) is 6.42 Å². The van der Waals surface area contributed by atoms with Gasteiger partial charge in [0.25, 0.3) is 0 Å². The maximum atomic E-state index is 11.4. The molecule has 8 nitrogen and oxygen atoms in total. The zero-order valence-corrected chi connectivity index (χ0v) is 17.1. The minimum atomic E-state index is -0.417. The number of nitrogens with two attached hydrogens (primary N) is 1. The Labute approximate surface area is 174 Å². The van der Waals surface area contributed by atoms with Gasteiger partial charge in [-0.2, -0.15) is 0 Å². The number of primary amides is 1. The quantitative estimate of drug-likeness (QED) is 0.710. The summed E-state index contributed by atoms with van der Waals surface area (Å²) in [6, 6.07) is 3.88. The Morgan fingerprint density at radius 3 is 2.87 bits per heavy atom. The van der Waals surface area contributed by atoms with E-state index in [0.717, 1.165) is 52.0 Å². The van der Waals surface area contributed by atoms with Crippen LogP contribution in [-0.4, -0.2) is 40.8 Å². The van der Waals surface area contributed by atoms with Crippen molar-refractivity contribution >= 4 is 16.8 Å². The fraction of sp³-hybridized carbons (Fsp3) is 0.409. The Bertz CT molecular complexity index is 1150. The molecule has 2 aliphatic heterocycles. The SMILES string of the molecule is COc1cc(-c2cn(C)c3cnc(CC(N)=O)cc23)nc2c1COC21CCOCC1. The molecule has 8 heteroatoms. The van der Waals surface area contributed by atoms with Gasteiger partial charge in [-0.1, -0.05) is 0 Å². The fourth-order valence-corrected chi connectivity index (χ4v) is 4.55. The van der Waals surface area contributed by atoms with Crippen molar-refractivity contribution in [2.75, 3.05) is 20.3 Å². The number of rotatable bonds is 4. The number of amides is 1. The highest BCUT2D eigenvalue weighted by atomic mass is 16.5. The largest absolute Gasteiger partial charge is 0.496 e. The van der Waals surface area contributed by atoms with Gasteiger partial charge >= 0.3 is 0 Å². The van der Waals surface area contributed by atoms with Crippen LogP contribution in [0.5, 0.6) is 5.75 Å². The summed E-state index contributed by atoms with van der Waals surface area (Å²) in [7, 11) is 3.64. The molecule has 0 aromatic carbocycles. The number of ether oxygens (including phenoxy) is 3. The number of carbonyl (C=O) groups excluding carboxylic acids is 1. The molecular formula is C22H24N4O4. The van der Waals surface area contributed by atoms with Crippen LogP contribution in [0.15, 0.2) is 24.5 Å². The first-order valence-electron chi connectivity index (χ1n) is 10.0. The second-order valence-electron chi connectivity index (χ2n) is 7.92. The Morgan fingerprint density at radius 1 is 1.33 bits per heavy atom. The summed E-state index contributed by atoms with van der Waals surface area (Å²) < 4.78 is 19.5. The molecule has 3 aromatic rings.